The van der Waals surface area contributed by atoms with Crippen LogP contribution in [0.25, 0.3) is 0 Å². The molecule has 6 nitrogen and oxygen atoms in total. The molecule has 0 spiro atoms. The van der Waals surface area contributed by atoms with Gasteiger partial charge in [0.2, 0.25) is 0 Å². The predicted molar refractivity (Wildman–Crippen MR) is 95.5 cm³/mol. The van der Waals surface area contributed by atoms with Crippen molar-refractivity contribution in [2.45, 2.75) is 52.1 Å². The van der Waals surface area contributed by atoms with E-state index in [9.17, 15) is 9.59 Å². The summed E-state index contributed by atoms with van der Waals surface area (Å²) < 4.78 is 1.82. The second-order valence-electron chi connectivity index (χ2n) is 7.10. The number of carboxylic acid groups (broad SMARTS) is 1. The number of hydrogen-bond acceptors (Lipinski definition) is 3. The van der Waals surface area contributed by atoms with Crippen molar-refractivity contribution in [3.8, 4) is 0 Å². The van der Waals surface area contributed by atoms with Crippen LogP contribution < -0.4 is 5.32 Å². The number of carboxylic acids is 1. The third-order valence-electron chi connectivity index (χ3n) is 4.04. The highest BCUT2D eigenvalue weighted by Gasteiger charge is 2.23. The maximum atomic E-state index is 12.7. The van der Waals surface area contributed by atoms with E-state index in [0.717, 1.165) is 11.3 Å². The molecule has 0 radical (unpaired) electrons. The standard InChI is InChI=1S/C19H25N3O3/c1-13-15(12-20-22(13)19(2,3)4)18(25)21-16(10-11-17(23)24)14-8-6-5-7-9-14/h5-9,12,16H,10-11H2,1-4H3,(H,21,25)(H,23,24). The van der Waals surface area contributed by atoms with Crippen molar-refractivity contribution in [1.29, 1.82) is 0 Å². The first kappa shape index (κ1) is 18.7. The Morgan fingerprint density at radius 1 is 1.24 bits per heavy atom. The molecule has 6 heteroatoms. The molecule has 1 heterocycles. The minimum Gasteiger partial charge on any atom is -0.481 e. The highest BCUT2D eigenvalue weighted by molar-refractivity contribution is 5.95. The summed E-state index contributed by atoms with van der Waals surface area (Å²) in [5.74, 6) is -1.13. The van der Waals surface area contributed by atoms with Crippen molar-refractivity contribution < 1.29 is 14.7 Å². The van der Waals surface area contributed by atoms with Gasteiger partial charge in [0.25, 0.3) is 5.91 Å². The third-order valence-corrected chi connectivity index (χ3v) is 4.04. The summed E-state index contributed by atoms with van der Waals surface area (Å²) in [5, 5.41) is 16.3. The first-order valence-corrected chi connectivity index (χ1v) is 8.33. The first-order chi connectivity index (χ1) is 11.7. The lowest BCUT2D eigenvalue weighted by Gasteiger charge is -2.22. The Bertz CT molecular complexity index is 745. The molecule has 134 valence electrons. The molecule has 1 atom stereocenters. The summed E-state index contributed by atoms with van der Waals surface area (Å²) in [6.07, 6.45) is 1.88. The fourth-order valence-electron chi connectivity index (χ4n) is 2.82. The van der Waals surface area contributed by atoms with Gasteiger partial charge in [0.05, 0.1) is 23.3 Å². The van der Waals surface area contributed by atoms with Gasteiger partial charge in [-0.25, -0.2) is 0 Å². The quantitative estimate of drug-likeness (QED) is 0.843. The van der Waals surface area contributed by atoms with Crippen LogP contribution in [-0.2, 0) is 10.3 Å². The predicted octanol–water partition coefficient (Wildman–Crippen LogP) is 3.28. The molecule has 0 saturated heterocycles. The lowest BCUT2D eigenvalue weighted by molar-refractivity contribution is -0.137. The molecular formula is C19H25N3O3. The topological polar surface area (TPSA) is 84.2 Å². The minimum absolute atomic E-state index is 0.0138. The monoisotopic (exact) mass is 343 g/mol. The second kappa shape index (κ2) is 7.51. The van der Waals surface area contributed by atoms with Crippen molar-refractivity contribution in [3.63, 3.8) is 0 Å². The van der Waals surface area contributed by atoms with E-state index < -0.39 is 5.97 Å². The van der Waals surface area contributed by atoms with Gasteiger partial charge >= 0.3 is 5.97 Å². The molecule has 2 N–H and O–H groups in total. The van der Waals surface area contributed by atoms with E-state index in [0.29, 0.717) is 12.0 Å². The molecule has 0 aliphatic rings. The fraction of sp³-hybridized carbons (Fsp3) is 0.421. The molecule has 0 saturated carbocycles. The number of rotatable bonds is 6. The van der Waals surface area contributed by atoms with E-state index in [2.05, 4.69) is 10.4 Å². The van der Waals surface area contributed by atoms with Crippen LogP contribution in [0.3, 0.4) is 0 Å². The molecule has 1 aromatic carbocycles. The Balaban J connectivity index is 2.22. The van der Waals surface area contributed by atoms with Crippen molar-refractivity contribution in [2.75, 3.05) is 0 Å². The smallest absolute Gasteiger partial charge is 0.303 e. The third kappa shape index (κ3) is 4.68. The Labute approximate surface area is 147 Å². The van der Waals surface area contributed by atoms with Gasteiger partial charge in [-0.1, -0.05) is 30.3 Å². The van der Waals surface area contributed by atoms with E-state index in [1.807, 2.05) is 62.7 Å². The zero-order valence-electron chi connectivity index (χ0n) is 15.1. The van der Waals surface area contributed by atoms with Crippen molar-refractivity contribution in [3.05, 3.63) is 53.3 Å². The summed E-state index contributed by atoms with van der Waals surface area (Å²) in [6, 6.07) is 9.05. The van der Waals surface area contributed by atoms with Crippen LogP contribution in [0.4, 0.5) is 0 Å². The Kier molecular flexibility index (Phi) is 5.62. The van der Waals surface area contributed by atoms with Crippen molar-refractivity contribution >= 4 is 11.9 Å². The highest BCUT2D eigenvalue weighted by atomic mass is 16.4. The molecule has 2 rings (SSSR count). The van der Waals surface area contributed by atoms with Gasteiger partial charge < -0.3 is 10.4 Å². The lowest BCUT2D eigenvalue weighted by Crippen LogP contribution is -2.30. The number of aliphatic carboxylic acids is 1. The second-order valence-corrected chi connectivity index (χ2v) is 7.10. The fourth-order valence-corrected chi connectivity index (χ4v) is 2.82. The number of benzene rings is 1. The zero-order valence-corrected chi connectivity index (χ0v) is 15.1. The van der Waals surface area contributed by atoms with Crippen LogP contribution in [0.2, 0.25) is 0 Å². The largest absolute Gasteiger partial charge is 0.481 e. The van der Waals surface area contributed by atoms with Gasteiger partial charge in [-0.05, 0) is 39.7 Å². The van der Waals surface area contributed by atoms with E-state index in [4.69, 9.17) is 5.11 Å². The highest BCUT2D eigenvalue weighted by Crippen LogP contribution is 2.22. The van der Waals surface area contributed by atoms with Gasteiger partial charge in [-0.2, -0.15) is 5.10 Å². The van der Waals surface area contributed by atoms with Gasteiger partial charge in [0, 0.05) is 12.1 Å². The van der Waals surface area contributed by atoms with Crippen molar-refractivity contribution in [2.24, 2.45) is 0 Å². The van der Waals surface area contributed by atoms with Crippen LogP contribution in [0, 0.1) is 6.92 Å². The average molecular weight is 343 g/mol. The molecular weight excluding hydrogens is 318 g/mol. The van der Waals surface area contributed by atoms with Crippen molar-refractivity contribution in [1.82, 2.24) is 15.1 Å². The van der Waals surface area contributed by atoms with Gasteiger partial charge in [-0.15, -0.1) is 0 Å². The van der Waals surface area contributed by atoms with E-state index in [-0.39, 0.29) is 23.9 Å². The summed E-state index contributed by atoms with van der Waals surface area (Å²) >= 11 is 0. The number of amides is 1. The molecule has 1 amide bonds. The summed E-state index contributed by atoms with van der Waals surface area (Å²) in [4.78, 5) is 23.7. The number of hydrogen-bond donors (Lipinski definition) is 2. The normalized spacial score (nSPS) is 12.6. The molecule has 1 aromatic heterocycles. The molecule has 0 aliphatic carbocycles. The maximum Gasteiger partial charge on any atom is 0.303 e. The molecule has 0 bridgehead atoms. The minimum atomic E-state index is -0.882. The maximum absolute atomic E-state index is 12.7. The SMILES string of the molecule is Cc1c(C(=O)NC(CCC(=O)O)c2ccccc2)cnn1C(C)(C)C. The molecule has 0 fully saturated rings. The molecule has 25 heavy (non-hydrogen) atoms. The average Bonchev–Trinajstić information content (AvgIpc) is 2.93. The number of carbonyl (C=O) groups is 2. The Morgan fingerprint density at radius 2 is 1.88 bits per heavy atom. The first-order valence-electron chi connectivity index (χ1n) is 8.33. The van der Waals surface area contributed by atoms with Crippen LogP contribution in [0.5, 0.6) is 0 Å². The number of nitrogens with one attached hydrogen (secondary N) is 1. The molecule has 0 aliphatic heterocycles. The lowest BCUT2D eigenvalue weighted by atomic mass is 10.0. The van der Waals surface area contributed by atoms with E-state index in [1.54, 1.807) is 6.20 Å². The zero-order chi connectivity index (χ0) is 18.6. The Morgan fingerprint density at radius 3 is 2.40 bits per heavy atom. The van der Waals surface area contributed by atoms with E-state index in [1.165, 1.54) is 0 Å². The number of aromatic nitrogens is 2. The summed E-state index contributed by atoms with van der Waals surface area (Å²) in [5.41, 5.74) is 1.96. The van der Waals surface area contributed by atoms with Gasteiger partial charge in [0.15, 0.2) is 0 Å². The molecule has 1 unspecified atom stereocenters. The van der Waals surface area contributed by atoms with Crippen LogP contribution >= 0.6 is 0 Å². The number of carbonyl (C=O) groups excluding carboxylic acids is 1. The van der Waals surface area contributed by atoms with E-state index >= 15 is 0 Å². The Hall–Kier alpha value is -2.63. The van der Waals surface area contributed by atoms with Crippen LogP contribution in [0.15, 0.2) is 36.5 Å². The summed E-state index contributed by atoms with van der Waals surface area (Å²) in [6.45, 7) is 7.93. The van der Waals surface area contributed by atoms with Crippen LogP contribution in [0.1, 0.15) is 61.3 Å². The number of nitrogens with zero attached hydrogens (tertiary/aromatic N) is 2. The van der Waals surface area contributed by atoms with Crippen LogP contribution in [-0.4, -0.2) is 26.8 Å². The van der Waals surface area contributed by atoms with Gasteiger partial charge in [-0.3, -0.25) is 14.3 Å². The van der Waals surface area contributed by atoms with Gasteiger partial charge in [0.1, 0.15) is 0 Å². The molecule has 2 aromatic rings. The summed E-state index contributed by atoms with van der Waals surface area (Å²) in [7, 11) is 0.